The van der Waals surface area contributed by atoms with Gasteiger partial charge in [0, 0.05) is 6.54 Å². The average Bonchev–Trinajstić information content (AvgIpc) is 2.45. The van der Waals surface area contributed by atoms with Crippen molar-refractivity contribution < 1.29 is 23.9 Å². The van der Waals surface area contributed by atoms with E-state index in [0.29, 0.717) is 6.54 Å². The van der Waals surface area contributed by atoms with E-state index in [9.17, 15) is 14.4 Å². The molecule has 0 bridgehead atoms. The minimum absolute atomic E-state index is 0.145. The number of nitrogens with one attached hydrogen (secondary N) is 2. The summed E-state index contributed by atoms with van der Waals surface area (Å²) < 4.78 is 9.21. The van der Waals surface area contributed by atoms with Crippen LogP contribution in [0.4, 0.5) is 10.5 Å². The molecule has 0 saturated heterocycles. The molecule has 0 aromatic heterocycles. The number of hydrogen-bond donors (Lipinski definition) is 2. The van der Waals surface area contributed by atoms with Gasteiger partial charge in [0.25, 0.3) is 0 Å². The zero-order valence-electron chi connectivity index (χ0n) is 11.5. The van der Waals surface area contributed by atoms with Gasteiger partial charge >= 0.3 is 18.0 Å². The molecule has 2 amide bonds. The molecule has 0 saturated carbocycles. The summed E-state index contributed by atoms with van der Waals surface area (Å²) in [6.07, 6.45) is 0. The maximum absolute atomic E-state index is 11.6. The molecule has 7 nitrogen and oxygen atoms in total. The second-order valence-corrected chi connectivity index (χ2v) is 3.73. The Balaban J connectivity index is 3.15. The van der Waals surface area contributed by atoms with E-state index in [1.807, 2.05) is 0 Å². The summed E-state index contributed by atoms with van der Waals surface area (Å²) in [4.78, 5) is 34.6. The summed E-state index contributed by atoms with van der Waals surface area (Å²) in [6, 6.07) is 3.67. The molecule has 0 spiro atoms. The Morgan fingerprint density at radius 3 is 2.30 bits per heavy atom. The highest BCUT2D eigenvalue weighted by molar-refractivity contribution is 6.03. The van der Waals surface area contributed by atoms with Crippen LogP contribution in [0.1, 0.15) is 27.6 Å². The van der Waals surface area contributed by atoms with Gasteiger partial charge < -0.3 is 20.1 Å². The van der Waals surface area contributed by atoms with Crippen LogP contribution in [0, 0.1) is 0 Å². The van der Waals surface area contributed by atoms with Crippen molar-refractivity contribution in [3.63, 3.8) is 0 Å². The van der Waals surface area contributed by atoms with Crippen molar-refractivity contribution in [3.05, 3.63) is 29.3 Å². The highest BCUT2D eigenvalue weighted by atomic mass is 16.5. The molecule has 0 aliphatic carbocycles. The molecule has 1 aromatic carbocycles. The molecule has 7 heteroatoms. The van der Waals surface area contributed by atoms with Gasteiger partial charge in [-0.3, -0.25) is 0 Å². The van der Waals surface area contributed by atoms with E-state index in [0.717, 1.165) is 0 Å². The third-order valence-corrected chi connectivity index (χ3v) is 2.43. The van der Waals surface area contributed by atoms with Gasteiger partial charge in [0.1, 0.15) is 0 Å². The summed E-state index contributed by atoms with van der Waals surface area (Å²) in [7, 11) is 2.47. The molecule has 0 heterocycles. The first kappa shape index (κ1) is 15.5. The summed E-state index contributed by atoms with van der Waals surface area (Å²) in [5.41, 5.74) is 0.532. The Kier molecular flexibility index (Phi) is 5.52. The largest absolute Gasteiger partial charge is 0.465 e. The van der Waals surface area contributed by atoms with E-state index in [4.69, 9.17) is 0 Å². The average molecular weight is 280 g/mol. The Hall–Kier alpha value is -2.57. The van der Waals surface area contributed by atoms with Crippen LogP contribution in [0.25, 0.3) is 0 Å². The van der Waals surface area contributed by atoms with Crippen LogP contribution in [0.15, 0.2) is 18.2 Å². The van der Waals surface area contributed by atoms with Crippen LogP contribution in [-0.4, -0.2) is 38.7 Å². The smallest absolute Gasteiger partial charge is 0.339 e. The summed E-state index contributed by atoms with van der Waals surface area (Å²) in [5.74, 6) is -1.19. The molecule has 0 atom stereocenters. The predicted molar refractivity (Wildman–Crippen MR) is 71.8 cm³/mol. The van der Waals surface area contributed by atoms with Gasteiger partial charge in [0.15, 0.2) is 0 Å². The third-order valence-electron chi connectivity index (χ3n) is 2.43. The Morgan fingerprint density at radius 2 is 1.75 bits per heavy atom. The fraction of sp³-hybridized carbons (Fsp3) is 0.308. The summed E-state index contributed by atoms with van der Waals surface area (Å²) in [6.45, 7) is 2.18. The zero-order chi connectivity index (χ0) is 15.1. The number of esters is 2. The number of benzene rings is 1. The number of ether oxygens (including phenoxy) is 2. The lowest BCUT2D eigenvalue weighted by molar-refractivity contribution is 0.0587. The number of amides is 2. The van der Waals surface area contributed by atoms with Gasteiger partial charge in [0.05, 0.1) is 31.0 Å². The Morgan fingerprint density at radius 1 is 1.10 bits per heavy atom. The molecular formula is C13H16N2O5. The van der Waals surface area contributed by atoms with E-state index in [2.05, 4.69) is 20.1 Å². The molecule has 0 aliphatic heterocycles. The summed E-state index contributed by atoms with van der Waals surface area (Å²) >= 11 is 0. The Bertz CT molecular complexity index is 527. The molecule has 1 rings (SSSR count). The maximum Gasteiger partial charge on any atom is 0.339 e. The molecule has 108 valence electrons. The molecule has 0 aliphatic rings. The lowest BCUT2D eigenvalue weighted by Crippen LogP contribution is -2.29. The molecule has 0 fully saturated rings. The number of carbonyl (C=O) groups is 3. The van der Waals surface area contributed by atoms with Crippen LogP contribution in [0.5, 0.6) is 0 Å². The SMILES string of the molecule is CCNC(=O)Nc1cc(C(=O)OC)ccc1C(=O)OC. The van der Waals surface area contributed by atoms with E-state index < -0.39 is 18.0 Å². The van der Waals surface area contributed by atoms with E-state index in [-0.39, 0.29) is 16.8 Å². The van der Waals surface area contributed by atoms with E-state index in [1.54, 1.807) is 6.92 Å². The number of rotatable bonds is 4. The van der Waals surface area contributed by atoms with Gasteiger partial charge in [-0.25, -0.2) is 14.4 Å². The molecular weight excluding hydrogens is 264 g/mol. The predicted octanol–water partition coefficient (Wildman–Crippen LogP) is 1.40. The molecule has 0 unspecified atom stereocenters. The molecule has 1 aromatic rings. The molecule has 0 radical (unpaired) electrons. The fourth-order valence-corrected chi connectivity index (χ4v) is 1.51. The van der Waals surface area contributed by atoms with Crippen molar-refractivity contribution in [1.29, 1.82) is 0 Å². The van der Waals surface area contributed by atoms with Gasteiger partial charge in [-0.05, 0) is 25.1 Å². The second kappa shape index (κ2) is 7.13. The Labute approximate surface area is 116 Å². The van der Waals surface area contributed by atoms with Crippen molar-refractivity contribution in [2.24, 2.45) is 0 Å². The number of methoxy groups -OCH3 is 2. The van der Waals surface area contributed by atoms with Crippen molar-refractivity contribution >= 4 is 23.7 Å². The maximum atomic E-state index is 11.6. The summed E-state index contributed by atoms with van der Waals surface area (Å²) in [5, 5.41) is 5.01. The van der Waals surface area contributed by atoms with E-state index in [1.165, 1.54) is 32.4 Å². The van der Waals surface area contributed by atoms with Crippen molar-refractivity contribution in [2.75, 3.05) is 26.1 Å². The normalized spacial score (nSPS) is 9.55. The third kappa shape index (κ3) is 3.71. The van der Waals surface area contributed by atoms with E-state index >= 15 is 0 Å². The highest BCUT2D eigenvalue weighted by Crippen LogP contribution is 2.19. The zero-order valence-corrected chi connectivity index (χ0v) is 11.5. The standard InChI is InChI=1S/C13H16N2O5/c1-4-14-13(18)15-10-7-8(11(16)19-2)5-6-9(10)12(17)20-3/h5-7H,4H2,1-3H3,(H2,14,15,18). The van der Waals surface area contributed by atoms with Crippen molar-refractivity contribution in [2.45, 2.75) is 6.92 Å². The van der Waals surface area contributed by atoms with Crippen molar-refractivity contribution in [1.82, 2.24) is 5.32 Å². The first-order chi connectivity index (χ1) is 9.53. The topological polar surface area (TPSA) is 93.7 Å². The lowest BCUT2D eigenvalue weighted by Gasteiger charge is -2.11. The first-order valence-electron chi connectivity index (χ1n) is 5.89. The van der Waals surface area contributed by atoms with Crippen LogP contribution in [-0.2, 0) is 9.47 Å². The molecule has 20 heavy (non-hydrogen) atoms. The number of carbonyl (C=O) groups excluding carboxylic acids is 3. The van der Waals surface area contributed by atoms with Gasteiger partial charge in [-0.15, -0.1) is 0 Å². The van der Waals surface area contributed by atoms with Gasteiger partial charge in [0.2, 0.25) is 0 Å². The second-order valence-electron chi connectivity index (χ2n) is 3.73. The van der Waals surface area contributed by atoms with Crippen LogP contribution < -0.4 is 10.6 Å². The highest BCUT2D eigenvalue weighted by Gasteiger charge is 2.16. The minimum atomic E-state index is -0.617. The number of anilines is 1. The molecule has 2 N–H and O–H groups in total. The van der Waals surface area contributed by atoms with Gasteiger partial charge in [-0.2, -0.15) is 0 Å². The monoisotopic (exact) mass is 280 g/mol. The fourth-order valence-electron chi connectivity index (χ4n) is 1.51. The minimum Gasteiger partial charge on any atom is -0.465 e. The first-order valence-corrected chi connectivity index (χ1v) is 5.89. The van der Waals surface area contributed by atoms with Crippen LogP contribution in [0.3, 0.4) is 0 Å². The van der Waals surface area contributed by atoms with Gasteiger partial charge in [-0.1, -0.05) is 0 Å². The quantitative estimate of drug-likeness (QED) is 0.813. The van der Waals surface area contributed by atoms with Crippen LogP contribution >= 0.6 is 0 Å². The number of hydrogen-bond acceptors (Lipinski definition) is 5. The number of urea groups is 1. The lowest BCUT2D eigenvalue weighted by atomic mass is 10.1. The van der Waals surface area contributed by atoms with Crippen molar-refractivity contribution in [3.8, 4) is 0 Å². The van der Waals surface area contributed by atoms with Crippen LogP contribution in [0.2, 0.25) is 0 Å².